The monoisotopic (exact) mass is 229 g/mol. The molecule has 1 aliphatic heterocycles. The molecule has 94 valence electrons. The summed E-state index contributed by atoms with van der Waals surface area (Å²) < 4.78 is 10.7. The lowest BCUT2D eigenvalue weighted by Crippen LogP contribution is -2.57. The van der Waals surface area contributed by atoms with E-state index in [0.29, 0.717) is 26.1 Å². The standard InChI is InChI=1S/C12H23NO3/c1-4-7-13-12(11(14)15-5-2)6-8-16-10(3)9-12/h10,13H,4-9H2,1-3H3. The van der Waals surface area contributed by atoms with E-state index in [1.165, 1.54) is 0 Å². The molecule has 0 aromatic carbocycles. The van der Waals surface area contributed by atoms with Crippen LogP contribution in [-0.4, -0.2) is 37.4 Å². The Labute approximate surface area is 97.7 Å². The van der Waals surface area contributed by atoms with Crippen LogP contribution in [0.2, 0.25) is 0 Å². The fourth-order valence-corrected chi connectivity index (χ4v) is 2.14. The molecule has 0 amide bonds. The predicted molar refractivity (Wildman–Crippen MR) is 62.3 cm³/mol. The van der Waals surface area contributed by atoms with Gasteiger partial charge in [-0.05, 0) is 33.2 Å². The Hall–Kier alpha value is -0.610. The van der Waals surface area contributed by atoms with Gasteiger partial charge in [-0.1, -0.05) is 6.92 Å². The summed E-state index contributed by atoms with van der Waals surface area (Å²) in [6.45, 7) is 7.83. The summed E-state index contributed by atoms with van der Waals surface area (Å²) in [4.78, 5) is 12.0. The highest BCUT2D eigenvalue weighted by molar-refractivity contribution is 5.81. The van der Waals surface area contributed by atoms with Crippen molar-refractivity contribution in [3.05, 3.63) is 0 Å². The van der Waals surface area contributed by atoms with Crippen molar-refractivity contribution >= 4 is 5.97 Å². The van der Waals surface area contributed by atoms with Gasteiger partial charge in [0.15, 0.2) is 0 Å². The molecule has 0 aliphatic carbocycles. The first-order valence-corrected chi connectivity index (χ1v) is 6.18. The molecule has 4 heteroatoms. The van der Waals surface area contributed by atoms with Crippen molar-refractivity contribution in [1.29, 1.82) is 0 Å². The van der Waals surface area contributed by atoms with Crippen LogP contribution in [0.3, 0.4) is 0 Å². The second-order valence-corrected chi connectivity index (χ2v) is 4.36. The van der Waals surface area contributed by atoms with Crippen molar-refractivity contribution in [2.75, 3.05) is 19.8 Å². The minimum Gasteiger partial charge on any atom is -0.465 e. The fourth-order valence-electron chi connectivity index (χ4n) is 2.14. The lowest BCUT2D eigenvalue weighted by atomic mass is 9.87. The Morgan fingerprint density at radius 1 is 1.56 bits per heavy atom. The van der Waals surface area contributed by atoms with Gasteiger partial charge in [-0.2, -0.15) is 0 Å². The first kappa shape index (κ1) is 13.5. The number of ether oxygens (including phenoxy) is 2. The highest BCUT2D eigenvalue weighted by Gasteiger charge is 2.43. The van der Waals surface area contributed by atoms with E-state index in [2.05, 4.69) is 12.2 Å². The maximum absolute atomic E-state index is 12.0. The molecule has 16 heavy (non-hydrogen) atoms. The number of rotatable bonds is 5. The number of hydrogen-bond donors (Lipinski definition) is 1. The molecule has 0 saturated carbocycles. The minimum absolute atomic E-state index is 0.113. The number of carbonyl (C=O) groups is 1. The molecule has 0 spiro atoms. The third-order valence-electron chi connectivity index (χ3n) is 2.95. The third-order valence-corrected chi connectivity index (χ3v) is 2.95. The summed E-state index contributed by atoms with van der Waals surface area (Å²) in [6.07, 6.45) is 2.53. The maximum Gasteiger partial charge on any atom is 0.326 e. The molecular weight excluding hydrogens is 206 g/mol. The quantitative estimate of drug-likeness (QED) is 0.726. The van der Waals surface area contributed by atoms with Crippen LogP contribution in [0.1, 0.15) is 40.0 Å². The van der Waals surface area contributed by atoms with Crippen LogP contribution in [-0.2, 0) is 14.3 Å². The number of esters is 1. The van der Waals surface area contributed by atoms with E-state index < -0.39 is 5.54 Å². The van der Waals surface area contributed by atoms with Crippen molar-refractivity contribution in [1.82, 2.24) is 5.32 Å². The Kier molecular flexibility index (Phi) is 5.22. The number of nitrogens with one attached hydrogen (secondary N) is 1. The first-order valence-electron chi connectivity index (χ1n) is 6.18. The van der Waals surface area contributed by atoms with Crippen LogP contribution in [0.15, 0.2) is 0 Å². The van der Waals surface area contributed by atoms with E-state index >= 15 is 0 Å². The van der Waals surface area contributed by atoms with Crippen LogP contribution in [0.25, 0.3) is 0 Å². The molecule has 1 N–H and O–H groups in total. The van der Waals surface area contributed by atoms with Gasteiger partial charge in [0.2, 0.25) is 0 Å². The van der Waals surface area contributed by atoms with E-state index in [1.807, 2.05) is 13.8 Å². The molecule has 4 nitrogen and oxygen atoms in total. The van der Waals surface area contributed by atoms with Gasteiger partial charge >= 0.3 is 5.97 Å². The van der Waals surface area contributed by atoms with Crippen LogP contribution in [0.4, 0.5) is 0 Å². The minimum atomic E-state index is -0.524. The average Bonchev–Trinajstić information content (AvgIpc) is 2.27. The average molecular weight is 229 g/mol. The molecule has 0 aromatic rings. The highest BCUT2D eigenvalue weighted by atomic mass is 16.5. The summed E-state index contributed by atoms with van der Waals surface area (Å²) in [5, 5.41) is 3.35. The van der Waals surface area contributed by atoms with Gasteiger partial charge in [0.25, 0.3) is 0 Å². The smallest absolute Gasteiger partial charge is 0.326 e. The second kappa shape index (κ2) is 6.21. The zero-order valence-corrected chi connectivity index (χ0v) is 10.5. The molecule has 2 unspecified atom stereocenters. The zero-order chi connectivity index (χ0) is 12.0. The Balaban J connectivity index is 2.70. The van der Waals surface area contributed by atoms with E-state index in [4.69, 9.17) is 9.47 Å². The molecular formula is C12H23NO3. The van der Waals surface area contributed by atoms with Crippen molar-refractivity contribution in [3.8, 4) is 0 Å². The summed E-state index contributed by atoms with van der Waals surface area (Å²) >= 11 is 0. The van der Waals surface area contributed by atoms with Crippen molar-refractivity contribution in [2.24, 2.45) is 0 Å². The van der Waals surface area contributed by atoms with Gasteiger partial charge in [-0.3, -0.25) is 4.79 Å². The van der Waals surface area contributed by atoms with E-state index in [1.54, 1.807) is 0 Å². The molecule has 1 aliphatic rings. The third kappa shape index (κ3) is 3.19. The summed E-state index contributed by atoms with van der Waals surface area (Å²) in [5.74, 6) is -0.126. The second-order valence-electron chi connectivity index (χ2n) is 4.36. The van der Waals surface area contributed by atoms with Crippen molar-refractivity contribution < 1.29 is 14.3 Å². The highest BCUT2D eigenvalue weighted by Crippen LogP contribution is 2.26. The molecule has 2 atom stereocenters. The van der Waals surface area contributed by atoms with Gasteiger partial charge in [-0.15, -0.1) is 0 Å². The van der Waals surface area contributed by atoms with Crippen molar-refractivity contribution in [2.45, 2.75) is 51.7 Å². The molecule has 1 rings (SSSR count). The lowest BCUT2D eigenvalue weighted by molar-refractivity contribution is -0.158. The normalized spacial score (nSPS) is 30.1. The molecule has 1 saturated heterocycles. The van der Waals surface area contributed by atoms with Crippen LogP contribution in [0, 0.1) is 0 Å². The van der Waals surface area contributed by atoms with Crippen LogP contribution >= 0.6 is 0 Å². The molecule has 1 fully saturated rings. The topological polar surface area (TPSA) is 47.6 Å². The fraction of sp³-hybridized carbons (Fsp3) is 0.917. The number of carbonyl (C=O) groups excluding carboxylic acids is 1. The SMILES string of the molecule is CCCNC1(C(=O)OCC)CCOC(C)C1. The molecule has 0 aromatic heterocycles. The van der Waals surface area contributed by atoms with Gasteiger partial charge < -0.3 is 14.8 Å². The Morgan fingerprint density at radius 3 is 2.88 bits per heavy atom. The Bertz CT molecular complexity index is 232. The lowest BCUT2D eigenvalue weighted by Gasteiger charge is -2.38. The predicted octanol–water partition coefficient (Wildman–Crippen LogP) is 1.49. The van der Waals surface area contributed by atoms with Gasteiger partial charge in [0, 0.05) is 13.0 Å². The molecule has 0 bridgehead atoms. The van der Waals surface area contributed by atoms with Crippen molar-refractivity contribution in [3.63, 3.8) is 0 Å². The molecule has 1 heterocycles. The largest absolute Gasteiger partial charge is 0.465 e. The Morgan fingerprint density at radius 2 is 2.31 bits per heavy atom. The number of hydrogen-bond acceptors (Lipinski definition) is 4. The van der Waals surface area contributed by atoms with Crippen LogP contribution < -0.4 is 5.32 Å². The van der Waals surface area contributed by atoms with Gasteiger partial charge in [0.1, 0.15) is 5.54 Å². The summed E-state index contributed by atoms with van der Waals surface area (Å²) in [5.41, 5.74) is -0.524. The summed E-state index contributed by atoms with van der Waals surface area (Å²) in [6, 6.07) is 0. The summed E-state index contributed by atoms with van der Waals surface area (Å²) in [7, 11) is 0. The van der Waals surface area contributed by atoms with Gasteiger partial charge in [-0.25, -0.2) is 0 Å². The van der Waals surface area contributed by atoms with E-state index in [0.717, 1.165) is 13.0 Å². The van der Waals surface area contributed by atoms with Gasteiger partial charge in [0.05, 0.1) is 12.7 Å². The van der Waals surface area contributed by atoms with Crippen LogP contribution in [0.5, 0.6) is 0 Å². The maximum atomic E-state index is 12.0. The van der Waals surface area contributed by atoms with E-state index in [9.17, 15) is 4.79 Å². The molecule has 0 radical (unpaired) electrons. The first-order chi connectivity index (χ1) is 7.64. The zero-order valence-electron chi connectivity index (χ0n) is 10.5. The van der Waals surface area contributed by atoms with E-state index in [-0.39, 0.29) is 12.1 Å².